The van der Waals surface area contributed by atoms with Crippen molar-refractivity contribution in [1.82, 2.24) is 10.2 Å². The van der Waals surface area contributed by atoms with Gasteiger partial charge < -0.3 is 10.4 Å². The van der Waals surface area contributed by atoms with Gasteiger partial charge in [0.2, 0.25) is 5.91 Å². The van der Waals surface area contributed by atoms with Gasteiger partial charge in [-0.05, 0) is 45.4 Å². The molecule has 24 heavy (non-hydrogen) atoms. The van der Waals surface area contributed by atoms with Crippen molar-refractivity contribution in [2.24, 2.45) is 0 Å². The average Bonchev–Trinajstić information content (AvgIpc) is 2.43. The number of halogens is 3. The van der Waals surface area contributed by atoms with E-state index < -0.39 is 39.3 Å². The van der Waals surface area contributed by atoms with Crippen LogP contribution in [0.1, 0.15) is 38.8 Å². The number of hydrogen-bond donors (Lipinski definition) is 2. The summed E-state index contributed by atoms with van der Waals surface area (Å²) in [5.74, 6) is -1.65. The van der Waals surface area contributed by atoms with E-state index in [2.05, 4.69) is 5.32 Å². The van der Waals surface area contributed by atoms with Crippen LogP contribution in [-0.2, 0) is 4.79 Å². The highest BCUT2D eigenvalue weighted by Crippen LogP contribution is 2.35. The van der Waals surface area contributed by atoms with Crippen LogP contribution in [0.2, 0.25) is 0 Å². The molecule has 1 saturated heterocycles. The lowest BCUT2D eigenvalue weighted by molar-refractivity contribution is -0.124. The molecule has 0 aliphatic carbocycles. The lowest BCUT2D eigenvalue weighted by Crippen LogP contribution is -2.60. The summed E-state index contributed by atoms with van der Waals surface area (Å²) in [4.78, 5) is 25.1. The van der Waals surface area contributed by atoms with Crippen LogP contribution >= 0.6 is 22.6 Å². The van der Waals surface area contributed by atoms with Crippen LogP contribution in [0.15, 0.2) is 18.2 Å². The van der Waals surface area contributed by atoms with Crippen molar-refractivity contribution in [1.29, 1.82) is 0 Å². The zero-order chi connectivity index (χ0) is 18.2. The third-order valence-electron chi connectivity index (χ3n) is 3.97. The van der Waals surface area contributed by atoms with Crippen molar-refractivity contribution in [3.05, 3.63) is 35.4 Å². The molecular formula is C16H19F2IN2O3. The van der Waals surface area contributed by atoms with Crippen LogP contribution in [0.25, 0.3) is 0 Å². The molecule has 0 spiro atoms. The number of nitrogens with one attached hydrogen (secondary N) is 1. The molecule has 1 aliphatic heterocycles. The van der Waals surface area contributed by atoms with Crippen LogP contribution in [0, 0.1) is 11.6 Å². The fourth-order valence-electron chi connectivity index (χ4n) is 3.01. The summed E-state index contributed by atoms with van der Waals surface area (Å²) in [6.45, 7) is 5.16. The second kappa shape index (κ2) is 6.81. The summed E-state index contributed by atoms with van der Waals surface area (Å²) < 4.78 is 27.4. The highest BCUT2D eigenvalue weighted by molar-refractivity contribution is 14.1. The van der Waals surface area contributed by atoms with E-state index in [4.69, 9.17) is 0 Å². The summed E-state index contributed by atoms with van der Waals surface area (Å²) in [6.07, 6.45) is -0.953. The lowest BCUT2D eigenvalue weighted by Gasteiger charge is -2.46. The number of benzene rings is 1. The smallest absolute Gasteiger partial charge is 0.408 e. The van der Waals surface area contributed by atoms with Crippen molar-refractivity contribution in [3.8, 4) is 0 Å². The molecule has 132 valence electrons. The van der Waals surface area contributed by atoms with Gasteiger partial charge in [0.15, 0.2) is 0 Å². The first-order chi connectivity index (χ1) is 11.0. The molecule has 1 unspecified atom stereocenters. The molecule has 0 bridgehead atoms. The maximum Gasteiger partial charge on any atom is 0.408 e. The van der Waals surface area contributed by atoms with E-state index in [1.807, 2.05) is 22.6 Å². The van der Waals surface area contributed by atoms with Gasteiger partial charge in [-0.25, -0.2) is 13.6 Å². The predicted octanol–water partition coefficient (Wildman–Crippen LogP) is 3.48. The third kappa shape index (κ3) is 3.79. The van der Waals surface area contributed by atoms with E-state index in [0.29, 0.717) is 0 Å². The standard InChI is InChI=1S/C16H19F2IN2O3/c1-16(2,3)21(15(23)24)12-7-11(19)14(22)20-13(12)9-6-8(17)4-5-10(9)18/h4-6,11-13H,7H2,1-3H3,(H,20,22)(H,23,24)/t11?,12-,13+/m0/s1. The number of hydrogen-bond acceptors (Lipinski definition) is 2. The summed E-state index contributed by atoms with van der Waals surface area (Å²) in [5.41, 5.74) is -0.816. The van der Waals surface area contributed by atoms with Gasteiger partial charge in [0.1, 0.15) is 11.6 Å². The molecule has 2 N–H and O–H groups in total. The van der Waals surface area contributed by atoms with Crippen molar-refractivity contribution in [2.75, 3.05) is 0 Å². The SMILES string of the molecule is CC(C)(C)N(C(=O)O)[C@H]1CC(I)C(=O)N[C@@H]1c1cc(F)ccc1F. The van der Waals surface area contributed by atoms with Gasteiger partial charge in [0.05, 0.1) is 16.0 Å². The second-order valence-corrected chi connectivity index (χ2v) is 8.25. The number of nitrogens with zero attached hydrogens (tertiary/aromatic N) is 1. The Hall–Kier alpha value is -1.45. The number of amides is 2. The monoisotopic (exact) mass is 452 g/mol. The van der Waals surface area contributed by atoms with Gasteiger partial charge in [0, 0.05) is 11.1 Å². The van der Waals surface area contributed by atoms with E-state index >= 15 is 0 Å². The van der Waals surface area contributed by atoms with Gasteiger partial charge in [0.25, 0.3) is 0 Å². The fraction of sp³-hybridized carbons (Fsp3) is 0.500. The van der Waals surface area contributed by atoms with Gasteiger partial charge >= 0.3 is 6.09 Å². The first-order valence-electron chi connectivity index (χ1n) is 7.44. The van der Waals surface area contributed by atoms with Gasteiger partial charge in [-0.3, -0.25) is 9.69 Å². The highest BCUT2D eigenvalue weighted by atomic mass is 127. The van der Waals surface area contributed by atoms with E-state index in [1.54, 1.807) is 20.8 Å². The van der Waals surface area contributed by atoms with Crippen LogP contribution in [0.4, 0.5) is 13.6 Å². The minimum Gasteiger partial charge on any atom is -0.465 e. The maximum atomic E-state index is 14.2. The van der Waals surface area contributed by atoms with Crippen LogP contribution in [0.3, 0.4) is 0 Å². The van der Waals surface area contributed by atoms with E-state index in [-0.39, 0.29) is 17.9 Å². The molecule has 0 aromatic heterocycles. The summed E-state index contributed by atoms with van der Waals surface area (Å²) >= 11 is 1.93. The van der Waals surface area contributed by atoms with Gasteiger partial charge in [-0.15, -0.1) is 0 Å². The number of carboxylic acid groups (broad SMARTS) is 1. The van der Waals surface area contributed by atoms with Crippen molar-refractivity contribution >= 4 is 34.6 Å². The first kappa shape index (κ1) is 18.9. The van der Waals surface area contributed by atoms with Crippen molar-refractivity contribution < 1.29 is 23.5 Å². The van der Waals surface area contributed by atoms with Crippen LogP contribution in [0.5, 0.6) is 0 Å². The Morgan fingerprint density at radius 3 is 2.54 bits per heavy atom. The molecule has 2 rings (SSSR count). The normalized spacial score (nSPS) is 24.4. The molecule has 1 heterocycles. The summed E-state index contributed by atoms with van der Waals surface area (Å²) in [5, 5.41) is 12.3. The Morgan fingerprint density at radius 2 is 2.00 bits per heavy atom. The molecule has 0 radical (unpaired) electrons. The molecule has 3 atom stereocenters. The zero-order valence-corrected chi connectivity index (χ0v) is 15.7. The molecular weight excluding hydrogens is 433 g/mol. The minimum atomic E-state index is -1.17. The topological polar surface area (TPSA) is 69.6 Å². The van der Waals surface area contributed by atoms with Crippen molar-refractivity contribution in [3.63, 3.8) is 0 Å². The molecule has 1 aliphatic rings. The predicted molar refractivity (Wildman–Crippen MR) is 93.1 cm³/mol. The molecule has 1 aromatic carbocycles. The highest BCUT2D eigenvalue weighted by Gasteiger charge is 2.44. The average molecular weight is 452 g/mol. The quantitative estimate of drug-likeness (QED) is 0.534. The Morgan fingerprint density at radius 1 is 1.38 bits per heavy atom. The number of carbonyl (C=O) groups excluding carboxylic acids is 1. The molecule has 0 saturated carbocycles. The summed E-state index contributed by atoms with van der Waals surface area (Å²) in [6, 6.07) is 1.31. The molecule has 2 amide bonds. The first-order valence-corrected chi connectivity index (χ1v) is 8.68. The number of alkyl halides is 1. The van der Waals surface area contributed by atoms with E-state index in [0.717, 1.165) is 18.2 Å². The van der Waals surface area contributed by atoms with Crippen LogP contribution in [-0.4, -0.2) is 37.5 Å². The molecule has 1 aromatic rings. The lowest BCUT2D eigenvalue weighted by atomic mass is 9.88. The van der Waals surface area contributed by atoms with E-state index in [9.17, 15) is 23.5 Å². The second-order valence-electron chi connectivity index (χ2n) is 6.75. The number of piperidine rings is 1. The maximum absolute atomic E-state index is 14.2. The fourth-order valence-corrected chi connectivity index (χ4v) is 3.71. The van der Waals surface area contributed by atoms with Crippen LogP contribution < -0.4 is 5.32 Å². The Balaban J connectivity index is 2.54. The molecule has 1 fully saturated rings. The zero-order valence-electron chi connectivity index (χ0n) is 13.5. The van der Waals surface area contributed by atoms with Gasteiger partial charge in [-0.1, -0.05) is 22.6 Å². The summed E-state index contributed by atoms with van der Waals surface area (Å²) in [7, 11) is 0. The Bertz CT molecular complexity index is 663. The number of carbonyl (C=O) groups is 2. The van der Waals surface area contributed by atoms with E-state index in [1.165, 1.54) is 4.90 Å². The molecule has 8 heteroatoms. The number of rotatable bonds is 2. The minimum absolute atomic E-state index is 0.0489. The Kier molecular flexibility index (Phi) is 5.36. The Labute approximate surface area is 152 Å². The molecule has 5 nitrogen and oxygen atoms in total. The largest absolute Gasteiger partial charge is 0.465 e. The third-order valence-corrected chi connectivity index (χ3v) is 5.04. The van der Waals surface area contributed by atoms with Crippen molar-refractivity contribution in [2.45, 2.75) is 48.7 Å². The van der Waals surface area contributed by atoms with Gasteiger partial charge in [-0.2, -0.15) is 0 Å².